The van der Waals surface area contributed by atoms with Crippen LogP contribution in [0.4, 0.5) is 5.13 Å². The number of aromatic nitrogens is 1. The summed E-state index contributed by atoms with van der Waals surface area (Å²) in [5.74, 6) is 0.481. The second-order valence-corrected chi connectivity index (χ2v) is 5.36. The van der Waals surface area contributed by atoms with E-state index in [1.165, 1.54) is 29.2 Å². The fraction of sp³-hybridized carbons (Fsp3) is 0.0667. The topological polar surface area (TPSA) is 51.2 Å². The Kier molecular flexibility index (Phi) is 3.35. The SMILES string of the molecule is Cc1ccc2nc(NC(=O)/C=C/OC3=CC=C3)sc2c1. The molecule has 3 rings (SSSR count). The summed E-state index contributed by atoms with van der Waals surface area (Å²) < 4.78 is 6.24. The maximum atomic E-state index is 11.7. The molecule has 1 aromatic carbocycles. The molecular weight excluding hydrogens is 272 g/mol. The molecule has 0 radical (unpaired) electrons. The summed E-state index contributed by atoms with van der Waals surface area (Å²) in [6, 6.07) is 6.00. The van der Waals surface area contributed by atoms with Crippen molar-refractivity contribution in [3.63, 3.8) is 0 Å². The quantitative estimate of drug-likeness (QED) is 0.690. The molecule has 0 atom stereocenters. The average Bonchev–Trinajstić information content (AvgIpc) is 2.73. The predicted molar refractivity (Wildman–Crippen MR) is 80.4 cm³/mol. The Morgan fingerprint density at radius 1 is 1.45 bits per heavy atom. The summed E-state index contributed by atoms with van der Waals surface area (Å²) in [4.78, 5) is 16.0. The highest BCUT2D eigenvalue weighted by molar-refractivity contribution is 7.22. The van der Waals surface area contributed by atoms with Crippen LogP contribution >= 0.6 is 11.3 Å². The number of ether oxygens (including phenoxy) is 1. The van der Waals surface area contributed by atoms with Crippen molar-refractivity contribution in [2.75, 3.05) is 5.32 Å². The van der Waals surface area contributed by atoms with Gasteiger partial charge in [-0.2, -0.15) is 0 Å². The Hall–Kier alpha value is -2.40. The van der Waals surface area contributed by atoms with Crippen LogP contribution in [0.5, 0.6) is 0 Å². The first-order valence-electron chi connectivity index (χ1n) is 6.10. The van der Waals surface area contributed by atoms with Crippen molar-refractivity contribution in [2.45, 2.75) is 6.92 Å². The van der Waals surface area contributed by atoms with Crippen molar-refractivity contribution >= 4 is 32.6 Å². The monoisotopic (exact) mass is 284 g/mol. The molecule has 0 aliphatic heterocycles. The van der Waals surface area contributed by atoms with Crippen molar-refractivity contribution in [2.24, 2.45) is 0 Å². The molecule has 0 saturated heterocycles. The van der Waals surface area contributed by atoms with E-state index in [2.05, 4.69) is 16.4 Å². The number of benzene rings is 1. The lowest BCUT2D eigenvalue weighted by Gasteiger charge is -2.04. The normalized spacial score (nSPS) is 13.3. The standard InChI is InChI=1S/C15H12N2O2S/c1-10-5-6-12-13(9-10)20-15(16-12)17-14(18)7-8-19-11-3-2-4-11/h2-9H,1H3,(H,16,17,18)/b8-7+. The molecule has 1 aliphatic carbocycles. The molecule has 0 bridgehead atoms. The zero-order valence-corrected chi connectivity index (χ0v) is 11.6. The fourth-order valence-corrected chi connectivity index (χ4v) is 2.63. The highest BCUT2D eigenvalue weighted by Gasteiger charge is 2.06. The Morgan fingerprint density at radius 2 is 2.30 bits per heavy atom. The van der Waals surface area contributed by atoms with Gasteiger partial charge in [0.05, 0.1) is 16.5 Å². The molecule has 1 aromatic heterocycles. The van der Waals surface area contributed by atoms with E-state index >= 15 is 0 Å². The first-order valence-corrected chi connectivity index (χ1v) is 6.92. The molecule has 0 unspecified atom stereocenters. The molecule has 1 heterocycles. The average molecular weight is 284 g/mol. The first-order chi connectivity index (χ1) is 9.70. The number of allylic oxidation sites excluding steroid dienone is 3. The Morgan fingerprint density at radius 3 is 3.05 bits per heavy atom. The Balaban J connectivity index is 1.64. The van der Waals surface area contributed by atoms with Gasteiger partial charge in [-0.1, -0.05) is 23.5 Å². The lowest BCUT2D eigenvalue weighted by molar-refractivity contribution is -0.112. The van der Waals surface area contributed by atoms with Crippen LogP contribution in [0.2, 0.25) is 0 Å². The van der Waals surface area contributed by atoms with Crippen LogP contribution in [-0.4, -0.2) is 10.9 Å². The van der Waals surface area contributed by atoms with Gasteiger partial charge in [-0.05, 0) is 36.8 Å². The van der Waals surface area contributed by atoms with Crippen molar-refractivity contribution in [1.82, 2.24) is 4.98 Å². The van der Waals surface area contributed by atoms with E-state index in [0.717, 1.165) is 16.0 Å². The number of hydrogen-bond acceptors (Lipinski definition) is 4. The highest BCUT2D eigenvalue weighted by Crippen LogP contribution is 2.26. The third-order valence-corrected chi connectivity index (χ3v) is 3.65. The van der Waals surface area contributed by atoms with Gasteiger partial charge in [0.25, 0.3) is 5.91 Å². The van der Waals surface area contributed by atoms with Crippen molar-refractivity contribution in [3.8, 4) is 0 Å². The number of nitrogens with zero attached hydrogens (tertiary/aromatic N) is 1. The van der Waals surface area contributed by atoms with Crippen LogP contribution in [0, 0.1) is 6.92 Å². The summed E-state index contributed by atoms with van der Waals surface area (Å²) >= 11 is 1.45. The molecule has 100 valence electrons. The number of fused-ring (bicyclic) bond motifs is 1. The van der Waals surface area contributed by atoms with E-state index < -0.39 is 0 Å². The first kappa shape index (κ1) is 12.6. The van der Waals surface area contributed by atoms with E-state index in [4.69, 9.17) is 4.74 Å². The minimum atomic E-state index is -0.260. The van der Waals surface area contributed by atoms with E-state index in [1.54, 1.807) is 0 Å². The molecule has 0 fully saturated rings. The summed E-state index contributed by atoms with van der Waals surface area (Å²) in [5.41, 5.74) is 2.06. The van der Waals surface area contributed by atoms with Gasteiger partial charge < -0.3 is 4.74 Å². The maximum absolute atomic E-state index is 11.7. The van der Waals surface area contributed by atoms with Gasteiger partial charge in [0.2, 0.25) is 0 Å². The molecule has 4 nitrogen and oxygen atoms in total. The van der Waals surface area contributed by atoms with Gasteiger partial charge in [-0.25, -0.2) is 4.98 Å². The molecule has 2 aromatic rings. The van der Waals surface area contributed by atoms with Crippen molar-refractivity contribution in [3.05, 3.63) is 60.1 Å². The lowest BCUT2D eigenvalue weighted by atomic mass is 10.2. The molecular formula is C15H12N2O2S. The number of amides is 1. The maximum Gasteiger partial charge on any atom is 0.253 e. The highest BCUT2D eigenvalue weighted by atomic mass is 32.1. The summed E-state index contributed by atoms with van der Waals surface area (Å²) in [5, 5.41) is 3.31. The molecule has 0 saturated carbocycles. The van der Waals surface area contributed by atoms with Crippen LogP contribution in [0.1, 0.15) is 5.56 Å². The summed E-state index contributed by atoms with van der Waals surface area (Å²) in [7, 11) is 0. The van der Waals surface area contributed by atoms with E-state index in [0.29, 0.717) is 5.13 Å². The summed E-state index contributed by atoms with van der Waals surface area (Å²) in [6.45, 7) is 2.03. The number of hydrogen-bond donors (Lipinski definition) is 1. The molecule has 1 N–H and O–H groups in total. The van der Waals surface area contributed by atoms with Crippen LogP contribution in [0.25, 0.3) is 10.2 Å². The predicted octanol–water partition coefficient (Wildman–Crippen LogP) is 3.53. The lowest BCUT2D eigenvalue weighted by Crippen LogP contribution is -2.07. The van der Waals surface area contributed by atoms with Crippen molar-refractivity contribution < 1.29 is 9.53 Å². The molecule has 20 heavy (non-hydrogen) atoms. The van der Waals surface area contributed by atoms with Crippen LogP contribution in [0.15, 0.2) is 54.5 Å². The largest absolute Gasteiger partial charge is 0.465 e. The van der Waals surface area contributed by atoms with Crippen LogP contribution in [-0.2, 0) is 9.53 Å². The second kappa shape index (κ2) is 5.30. The number of carbonyl (C=O) groups excluding carboxylic acids is 1. The zero-order chi connectivity index (χ0) is 13.9. The minimum Gasteiger partial charge on any atom is -0.465 e. The van der Waals surface area contributed by atoms with Gasteiger partial charge in [0, 0.05) is 6.08 Å². The van der Waals surface area contributed by atoms with Gasteiger partial charge in [-0.15, -0.1) is 0 Å². The molecule has 1 amide bonds. The number of aryl methyl sites for hydroxylation is 1. The van der Waals surface area contributed by atoms with Gasteiger partial charge >= 0.3 is 0 Å². The summed E-state index contributed by atoms with van der Waals surface area (Å²) in [6.07, 6.45) is 8.20. The fourth-order valence-electron chi connectivity index (χ4n) is 1.66. The number of thiazole rings is 1. The smallest absolute Gasteiger partial charge is 0.253 e. The van der Waals surface area contributed by atoms with Gasteiger partial charge in [0.1, 0.15) is 5.76 Å². The van der Waals surface area contributed by atoms with Gasteiger partial charge in [0.15, 0.2) is 5.13 Å². The Labute approximate surface area is 120 Å². The van der Waals surface area contributed by atoms with E-state index in [-0.39, 0.29) is 5.91 Å². The van der Waals surface area contributed by atoms with Crippen LogP contribution < -0.4 is 5.32 Å². The second-order valence-electron chi connectivity index (χ2n) is 4.33. The number of carbonyl (C=O) groups is 1. The number of rotatable bonds is 4. The van der Waals surface area contributed by atoms with Crippen molar-refractivity contribution in [1.29, 1.82) is 0 Å². The van der Waals surface area contributed by atoms with Gasteiger partial charge in [-0.3, -0.25) is 10.1 Å². The number of nitrogens with one attached hydrogen (secondary N) is 1. The minimum absolute atomic E-state index is 0.260. The van der Waals surface area contributed by atoms with E-state index in [9.17, 15) is 4.79 Å². The Bertz CT molecular complexity index is 756. The zero-order valence-electron chi connectivity index (χ0n) is 10.8. The van der Waals surface area contributed by atoms with Crippen LogP contribution in [0.3, 0.4) is 0 Å². The molecule has 5 heteroatoms. The van der Waals surface area contributed by atoms with E-state index in [1.807, 2.05) is 37.3 Å². The third kappa shape index (κ3) is 2.78. The molecule has 1 aliphatic rings. The third-order valence-electron chi connectivity index (χ3n) is 2.72. The molecule has 0 spiro atoms. The number of anilines is 1.